The largest absolute Gasteiger partial charge is 0.497 e. The van der Waals surface area contributed by atoms with Crippen LogP contribution < -0.4 is 10.1 Å². The van der Waals surface area contributed by atoms with E-state index < -0.39 is 0 Å². The Bertz CT molecular complexity index is 974. The second-order valence-corrected chi connectivity index (χ2v) is 7.51. The second-order valence-electron chi connectivity index (χ2n) is 7.51. The van der Waals surface area contributed by atoms with E-state index in [-0.39, 0.29) is 11.9 Å². The molecule has 0 radical (unpaired) electrons. The van der Waals surface area contributed by atoms with Crippen LogP contribution in [0.4, 0.5) is 0 Å². The third kappa shape index (κ3) is 3.60. The van der Waals surface area contributed by atoms with Gasteiger partial charge in [0, 0.05) is 18.7 Å². The van der Waals surface area contributed by atoms with Gasteiger partial charge in [0.05, 0.1) is 18.7 Å². The summed E-state index contributed by atoms with van der Waals surface area (Å²) in [5.41, 5.74) is 2.50. The number of nitrogens with one attached hydrogen (secondary N) is 1. The maximum atomic E-state index is 12.9. The van der Waals surface area contributed by atoms with E-state index in [9.17, 15) is 4.79 Å². The van der Waals surface area contributed by atoms with Crippen LogP contribution in [0, 0.1) is 0 Å². The van der Waals surface area contributed by atoms with Crippen molar-refractivity contribution in [3.8, 4) is 5.75 Å². The molecule has 1 aliphatic rings. The van der Waals surface area contributed by atoms with Crippen molar-refractivity contribution in [2.45, 2.75) is 24.8 Å². The van der Waals surface area contributed by atoms with Gasteiger partial charge in [-0.2, -0.15) is 0 Å². The molecule has 1 fully saturated rings. The van der Waals surface area contributed by atoms with Crippen LogP contribution in [0.2, 0.25) is 0 Å². The van der Waals surface area contributed by atoms with Crippen molar-refractivity contribution in [1.82, 2.24) is 19.6 Å². The molecule has 3 aromatic rings. The van der Waals surface area contributed by atoms with E-state index in [0.29, 0.717) is 18.2 Å². The summed E-state index contributed by atoms with van der Waals surface area (Å²) in [5, 5.41) is 3.08. The van der Waals surface area contributed by atoms with Gasteiger partial charge in [-0.3, -0.25) is 4.79 Å². The molecule has 1 unspecified atom stereocenters. The number of carbonyl (C=O) groups is 1. The lowest BCUT2D eigenvalue weighted by atomic mass is 10.1. The van der Waals surface area contributed by atoms with Gasteiger partial charge in [0.25, 0.3) is 5.91 Å². The number of carbonyl (C=O) groups excluding carboxylic acids is 1. The van der Waals surface area contributed by atoms with E-state index in [4.69, 9.17) is 9.72 Å². The first-order chi connectivity index (χ1) is 13.6. The Morgan fingerprint density at radius 1 is 1.25 bits per heavy atom. The fraction of sp³-hybridized carbons (Fsp3) is 0.364. The molecule has 1 aromatic carbocycles. The summed E-state index contributed by atoms with van der Waals surface area (Å²) in [5.74, 6) is 2.17. The SMILES string of the molecule is COc1ccc(C(CNC(=O)c2nc(C3CC3)n3ccccc23)N(C)C)cc1. The molecule has 1 amide bonds. The normalized spacial score (nSPS) is 15.0. The van der Waals surface area contributed by atoms with E-state index in [0.717, 1.165) is 35.5 Å². The highest BCUT2D eigenvalue weighted by molar-refractivity contribution is 5.99. The van der Waals surface area contributed by atoms with Crippen molar-refractivity contribution in [2.24, 2.45) is 0 Å². The zero-order chi connectivity index (χ0) is 19.7. The molecular weight excluding hydrogens is 352 g/mol. The first-order valence-corrected chi connectivity index (χ1v) is 9.64. The third-order valence-corrected chi connectivity index (χ3v) is 5.31. The molecule has 1 aliphatic carbocycles. The zero-order valence-corrected chi connectivity index (χ0v) is 16.6. The first kappa shape index (κ1) is 18.5. The Kier molecular flexibility index (Phi) is 5.05. The lowest BCUT2D eigenvalue weighted by Gasteiger charge is -2.25. The number of likely N-dealkylation sites (N-methyl/N-ethyl adjacent to an activating group) is 1. The number of amides is 1. The van der Waals surface area contributed by atoms with Crippen LogP contribution in [0.5, 0.6) is 5.75 Å². The Hall–Kier alpha value is -2.86. The fourth-order valence-electron chi connectivity index (χ4n) is 3.56. The predicted molar refractivity (Wildman–Crippen MR) is 109 cm³/mol. The van der Waals surface area contributed by atoms with Gasteiger partial charge in [-0.25, -0.2) is 4.98 Å². The molecule has 146 valence electrons. The van der Waals surface area contributed by atoms with Crippen molar-refractivity contribution < 1.29 is 9.53 Å². The van der Waals surface area contributed by atoms with Crippen molar-refractivity contribution in [3.63, 3.8) is 0 Å². The molecule has 1 atom stereocenters. The third-order valence-electron chi connectivity index (χ3n) is 5.31. The number of methoxy groups -OCH3 is 1. The number of nitrogens with zero attached hydrogens (tertiary/aromatic N) is 3. The van der Waals surface area contributed by atoms with Crippen molar-refractivity contribution >= 4 is 11.4 Å². The summed E-state index contributed by atoms with van der Waals surface area (Å²) in [4.78, 5) is 19.7. The van der Waals surface area contributed by atoms with Gasteiger partial charge in [-0.1, -0.05) is 18.2 Å². The van der Waals surface area contributed by atoms with Crippen LogP contribution in [-0.4, -0.2) is 47.9 Å². The number of hydrogen-bond donors (Lipinski definition) is 1. The van der Waals surface area contributed by atoms with Gasteiger partial charge in [-0.05, 0) is 56.8 Å². The van der Waals surface area contributed by atoms with Crippen molar-refractivity contribution in [1.29, 1.82) is 0 Å². The highest BCUT2D eigenvalue weighted by Crippen LogP contribution is 2.40. The average molecular weight is 378 g/mol. The van der Waals surface area contributed by atoms with Gasteiger partial charge in [0.15, 0.2) is 5.69 Å². The number of aromatic nitrogens is 2. The number of benzene rings is 1. The first-order valence-electron chi connectivity index (χ1n) is 9.64. The molecule has 0 spiro atoms. The van der Waals surface area contributed by atoms with E-state index in [1.54, 1.807) is 7.11 Å². The number of rotatable bonds is 7. The molecule has 0 saturated heterocycles. The Morgan fingerprint density at radius 3 is 2.64 bits per heavy atom. The molecule has 0 aliphatic heterocycles. The van der Waals surface area contributed by atoms with E-state index in [1.165, 1.54) is 0 Å². The molecule has 2 aromatic heterocycles. The smallest absolute Gasteiger partial charge is 0.272 e. The molecule has 1 saturated carbocycles. The lowest BCUT2D eigenvalue weighted by Crippen LogP contribution is -2.34. The summed E-state index contributed by atoms with van der Waals surface area (Å²) in [6.45, 7) is 0.503. The van der Waals surface area contributed by atoms with Crippen LogP contribution in [-0.2, 0) is 0 Å². The molecular formula is C22H26N4O2. The van der Waals surface area contributed by atoms with Crippen LogP contribution in [0.25, 0.3) is 5.52 Å². The Labute approximate surface area is 165 Å². The molecule has 28 heavy (non-hydrogen) atoms. The number of imidazole rings is 1. The molecule has 0 bridgehead atoms. The molecule has 4 rings (SSSR count). The van der Waals surface area contributed by atoms with Gasteiger partial charge in [0.1, 0.15) is 11.6 Å². The van der Waals surface area contributed by atoms with E-state index >= 15 is 0 Å². The summed E-state index contributed by atoms with van der Waals surface area (Å²) in [7, 11) is 5.68. The maximum Gasteiger partial charge on any atom is 0.272 e. The monoisotopic (exact) mass is 378 g/mol. The minimum absolute atomic E-state index is 0.0617. The number of hydrogen-bond acceptors (Lipinski definition) is 4. The van der Waals surface area contributed by atoms with Gasteiger partial charge >= 0.3 is 0 Å². The minimum atomic E-state index is -0.129. The van der Waals surface area contributed by atoms with Crippen LogP contribution >= 0.6 is 0 Å². The van der Waals surface area contributed by atoms with E-state index in [2.05, 4.69) is 14.6 Å². The summed E-state index contributed by atoms with van der Waals surface area (Å²) in [6.07, 6.45) is 4.29. The topological polar surface area (TPSA) is 58.9 Å². The van der Waals surface area contributed by atoms with Gasteiger partial charge in [-0.15, -0.1) is 0 Å². The molecule has 1 N–H and O–H groups in total. The highest BCUT2D eigenvalue weighted by Gasteiger charge is 2.30. The lowest BCUT2D eigenvalue weighted by molar-refractivity contribution is 0.0939. The Balaban J connectivity index is 1.53. The molecule has 2 heterocycles. The van der Waals surface area contributed by atoms with Crippen LogP contribution in [0.15, 0.2) is 48.7 Å². The second kappa shape index (κ2) is 7.64. The standard InChI is InChI=1S/C22H26N4O2/c1-25(2)19(15-9-11-17(28-3)12-10-15)14-23-22(27)20-18-6-4-5-13-26(18)21(24-20)16-7-8-16/h4-6,9-13,16,19H,7-8,14H2,1-3H3,(H,23,27). The molecule has 6 nitrogen and oxygen atoms in total. The van der Waals surface area contributed by atoms with Gasteiger partial charge < -0.3 is 19.4 Å². The maximum absolute atomic E-state index is 12.9. The van der Waals surface area contributed by atoms with Crippen molar-refractivity contribution in [2.75, 3.05) is 27.7 Å². The van der Waals surface area contributed by atoms with Crippen LogP contribution in [0.3, 0.4) is 0 Å². The zero-order valence-electron chi connectivity index (χ0n) is 16.6. The number of ether oxygens (including phenoxy) is 1. The van der Waals surface area contributed by atoms with Crippen molar-refractivity contribution in [3.05, 3.63) is 65.7 Å². The predicted octanol–water partition coefficient (Wildman–Crippen LogP) is 3.25. The summed E-state index contributed by atoms with van der Waals surface area (Å²) in [6, 6.07) is 13.9. The fourth-order valence-corrected chi connectivity index (χ4v) is 3.56. The highest BCUT2D eigenvalue weighted by atomic mass is 16.5. The minimum Gasteiger partial charge on any atom is -0.497 e. The summed E-state index contributed by atoms with van der Waals surface area (Å²) >= 11 is 0. The number of pyridine rings is 1. The van der Waals surface area contributed by atoms with E-state index in [1.807, 2.05) is 62.8 Å². The number of fused-ring (bicyclic) bond motifs is 1. The Morgan fingerprint density at radius 2 is 2.00 bits per heavy atom. The molecule has 6 heteroatoms. The van der Waals surface area contributed by atoms with Crippen LogP contribution in [0.1, 0.15) is 46.7 Å². The average Bonchev–Trinajstić information content (AvgIpc) is 3.48. The quantitative estimate of drug-likeness (QED) is 0.686. The van der Waals surface area contributed by atoms with Gasteiger partial charge in [0.2, 0.25) is 0 Å². The summed E-state index contributed by atoms with van der Waals surface area (Å²) < 4.78 is 7.29.